The Labute approximate surface area is 161 Å². The zero-order valence-electron chi connectivity index (χ0n) is 14.4. The molecular weight excluding hydrogens is 360 g/mol. The molecule has 0 saturated carbocycles. The number of rotatable bonds is 7. The second-order valence-electron chi connectivity index (χ2n) is 5.63. The highest BCUT2D eigenvalue weighted by Gasteiger charge is 2.06. The number of nitrogens with two attached hydrogens (primary N) is 1. The van der Waals surface area contributed by atoms with Crippen molar-refractivity contribution in [3.8, 4) is 5.69 Å². The van der Waals surface area contributed by atoms with Crippen LogP contribution in [-0.2, 0) is 9.59 Å². The van der Waals surface area contributed by atoms with E-state index in [-0.39, 0.29) is 11.7 Å². The van der Waals surface area contributed by atoms with Gasteiger partial charge in [-0.05, 0) is 30.3 Å². The first-order chi connectivity index (χ1) is 13.1. The van der Waals surface area contributed by atoms with E-state index in [1.54, 1.807) is 23.0 Å². The van der Waals surface area contributed by atoms with Crippen LogP contribution in [0.15, 0.2) is 78.0 Å². The molecule has 0 aliphatic rings. The molecule has 1 heterocycles. The zero-order chi connectivity index (χ0) is 19.1. The third kappa shape index (κ3) is 5.32. The van der Waals surface area contributed by atoms with E-state index in [4.69, 9.17) is 5.73 Å². The van der Waals surface area contributed by atoms with Crippen molar-refractivity contribution in [2.24, 2.45) is 5.73 Å². The minimum absolute atomic E-state index is 0.154. The van der Waals surface area contributed by atoms with Crippen LogP contribution < -0.4 is 11.1 Å². The van der Waals surface area contributed by atoms with Gasteiger partial charge in [0.1, 0.15) is 0 Å². The van der Waals surface area contributed by atoms with Gasteiger partial charge in [-0.3, -0.25) is 9.59 Å². The number of aromatic nitrogens is 2. The second kappa shape index (κ2) is 8.86. The Morgan fingerprint density at radius 1 is 1.11 bits per heavy atom. The van der Waals surface area contributed by atoms with E-state index in [9.17, 15) is 9.59 Å². The second-order valence-corrected chi connectivity index (χ2v) is 6.64. The average Bonchev–Trinajstić information content (AvgIpc) is 3.15. The number of hydrogen-bond acceptors (Lipinski definition) is 4. The van der Waals surface area contributed by atoms with E-state index in [2.05, 4.69) is 10.4 Å². The normalized spacial score (nSPS) is 10.8. The van der Waals surface area contributed by atoms with Crippen LogP contribution in [0.3, 0.4) is 0 Å². The van der Waals surface area contributed by atoms with Gasteiger partial charge in [0, 0.05) is 22.7 Å². The maximum atomic E-state index is 12.2. The van der Waals surface area contributed by atoms with Crippen LogP contribution >= 0.6 is 11.8 Å². The van der Waals surface area contributed by atoms with Crippen molar-refractivity contribution >= 4 is 35.3 Å². The average molecular weight is 378 g/mol. The minimum atomic E-state index is -0.406. The highest BCUT2D eigenvalue weighted by Crippen LogP contribution is 2.26. The van der Waals surface area contributed by atoms with Gasteiger partial charge in [0.2, 0.25) is 11.8 Å². The number of amides is 2. The van der Waals surface area contributed by atoms with E-state index < -0.39 is 5.91 Å². The van der Waals surface area contributed by atoms with Gasteiger partial charge in [0.25, 0.3) is 0 Å². The number of thioether (sulfide) groups is 1. The number of nitrogens with one attached hydrogen (secondary N) is 1. The Morgan fingerprint density at radius 3 is 2.63 bits per heavy atom. The Morgan fingerprint density at radius 2 is 1.85 bits per heavy atom. The zero-order valence-corrected chi connectivity index (χ0v) is 15.2. The highest BCUT2D eigenvalue weighted by atomic mass is 32.2. The number of anilines is 1. The molecule has 27 heavy (non-hydrogen) atoms. The molecule has 3 N–H and O–H groups in total. The van der Waals surface area contributed by atoms with E-state index in [0.717, 1.165) is 16.1 Å². The molecule has 0 atom stereocenters. The topological polar surface area (TPSA) is 90.0 Å². The summed E-state index contributed by atoms with van der Waals surface area (Å²) < 4.78 is 1.74. The molecule has 7 heteroatoms. The van der Waals surface area contributed by atoms with Crippen LogP contribution in [0.2, 0.25) is 0 Å². The fourth-order valence-electron chi connectivity index (χ4n) is 2.34. The van der Waals surface area contributed by atoms with Crippen molar-refractivity contribution in [3.63, 3.8) is 0 Å². The summed E-state index contributed by atoms with van der Waals surface area (Å²) in [7, 11) is 0. The van der Waals surface area contributed by atoms with Gasteiger partial charge in [-0.2, -0.15) is 5.10 Å². The van der Waals surface area contributed by atoms with Crippen molar-refractivity contribution in [3.05, 3.63) is 78.6 Å². The quantitative estimate of drug-likeness (QED) is 0.488. The van der Waals surface area contributed by atoms with E-state index in [1.807, 2.05) is 54.7 Å². The fourth-order valence-corrected chi connectivity index (χ4v) is 3.08. The Kier molecular flexibility index (Phi) is 6.06. The first kappa shape index (κ1) is 18.5. The standard InChI is InChI=1S/C20H18N4O2S/c21-19(25)14-27-18-9-5-4-8-17(18)23-20(26)11-10-15-12-22-24(13-15)16-6-2-1-3-7-16/h1-13H,14H2,(H2,21,25)(H,23,26)/b11-10+. The smallest absolute Gasteiger partial charge is 0.248 e. The van der Waals surface area contributed by atoms with Gasteiger partial charge in [-0.25, -0.2) is 4.68 Å². The van der Waals surface area contributed by atoms with E-state index >= 15 is 0 Å². The number of primary amides is 1. The lowest BCUT2D eigenvalue weighted by atomic mass is 10.3. The van der Waals surface area contributed by atoms with Gasteiger partial charge in [-0.1, -0.05) is 30.3 Å². The maximum Gasteiger partial charge on any atom is 0.248 e. The molecule has 6 nitrogen and oxygen atoms in total. The number of benzene rings is 2. The summed E-state index contributed by atoms with van der Waals surface area (Å²) in [5.41, 5.74) is 7.58. The van der Waals surface area contributed by atoms with Gasteiger partial charge in [0.05, 0.1) is 23.3 Å². The van der Waals surface area contributed by atoms with Crippen LogP contribution in [0.1, 0.15) is 5.56 Å². The molecule has 0 spiro atoms. The summed E-state index contributed by atoms with van der Waals surface area (Å²) in [6, 6.07) is 17.0. The molecule has 3 aromatic rings. The molecule has 136 valence electrons. The van der Waals surface area contributed by atoms with Crippen molar-refractivity contribution in [2.45, 2.75) is 4.90 Å². The predicted octanol–water partition coefficient (Wildman–Crippen LogP) is 3.10. The van der Waals surface area contributed by atoms with Gasteiger partial charge in [0.15, 0.2) is 0 Å². The van der Waals surface area contributed by atoms with Crippen LogP contribution in [0.25, 0.3) is 11.8 Å². The third-order valence-corrected chi connectivity index (χ3v) is 4.66. The molecule has 0 bridgehead atoms. The van der Waals surface area contributed by atoms with E-state index in [0.29, 0.717) is 5.69 Å². The largest absolute Gasteiger partial charge is 0.369 e. The van der Waals surface area contributed by atoms with Gasteiger partial charge >= 0.3 is 0 Å². The SMILES string of the molecule is NC(=O)CSc1ccccc1NC(=O)/C=C/c1cnn(-c2ccccc2)c1. The number of nitrogens with zero attached hydrogens (tertiary/aromatic N) is 2. The molecule has 2 aromatic carbocycles. The molecule has 0 radical (unpaired) electrons. The van der Waals surface area contributed by atoms with Crippen LogP contribution in [0, 0.1) is 0 Å². The summed E-state index contributed by atoms with van der Waals surface area (Å²) in [4.78, 5) is 24.0. The number of carbonyl (C=O) groups is 2. The lowest BCUT2D eigenvalue weighted by Crippen LogP contribution is -2.13. The van der Waals surface area contributed by atoms with Crippen LogP contribution in [-0.4, -0.2) is 27.3 Å². The summed E-state index contributed by atoms with van der Waals surface area (Å²) >= 11 is 1.29. The number of hydrogen-bond donors (Lipinski definition) is 2. The lowest BCUT2D eigenvalue weighted by Gasteiger charge is -2.08. The van der Waals surface area contributed by atoms with Crippen molar-refractivity contribution in [2.75, 3.05) is 11.1 Å². The maximum absolute atomic E-state index is 12.2. The third-order valence-electron chi connectivity index (χ3n) is 3.57. The number of carbonyl (C=O) groups excluding carboxylic acids is 2. The molecule has 0 aliphatic heterocycles. The van der Waals surface area contributed by atoms with E-state index in [1.165, 1.54) is 17.8 Å². The first-order valence-electron chi connectivity index (χ1n) is 8.21. The van der Waals surface area contributed by atoms with Gasteiger partial charge < -0.3 is 11.1 Å². The summed E-state index contributed by atoms with van der Waals surface area (Å²) in [6.45, 7) is 0. The molecule has 0 unspecified atom stereocenters. The summed E-state index contributed by atoms with van der Waals surface area (Å²) in [5.74, 6) is -0.521. The Balaban J connectivity index is 1.65. The monoisotopic (exact) mass is 378 g/mol. The van der Waals surface area contributed by atoms with Crippen molar-refractivity contribution < 1.29 is 9.59 Å². The molecular formula is C20H18N4O2S. The minimum Gasteiger partial charge on any atom is -0.369 e. The molecule has 0 aliphatic carbocycles. The summed E-state index contributed by atoms with van der Waals surface area (Å²) in [5, 5.41) is 7.11. The Bertz CT molecular complexity index is 967. The van der Waals surface area contributed by atoms with Crippen LogP contribution in [0.5, 0.6) is 0 Å². The molecule has 0 saturated heterocycles. The first-order valence-corrected chi connectivity index (χ1v) is 9.19. The van der Waals surface area contributed by atoms with Crippen LogP contribution in [0.4, 0.5) is 5.69 Å². The lowest BCUT2D eigenvalue weighted by molar-refractivity contribution is -0.115. The molecule has 1 aromatic heterocycles. The Hall–Kier alpha value is -3.32. The highest BCUT2D eigenvalue weighted by molar-refractivity contribution is 8.00. The van der Waals surface area contributed by atoms with Crippen molar-refractivity contribution in [1.82, 2.24) is 9.78 Å². The van der Waals surface area contributed by atoms with Gasteiger partial charge in [-0.15, -0.1) is 11.8 Å². The summed E-state index contributed by atoms with van der Waals surface area (Å²) in [6.07, 6.45) is 6.67. The molecule has 2 amide bonds. The van der Waals surface area contributed by atoms with Crippen molar-refractivity contribution in [1.29, 1.82) is 0 Å². The predicted molar refractivity (Wildman–Crippen MR) is 108 cm³/mol. The molecule has 3 rings (SSSR count). The number of para-hydroxylation sites is 2. The fraction of sp³-hybridized carbons (Fsp3) is 0.0500. The molecule has 0 fully saturated rings.